The summed E-state index contributed by atoms with van der Waals surface area (Å²) in [6.07, 6.45) is 2.62. The average Bonchev–Trinajstić information content (AvgIpc) is 2.36. The van der Waals surface area contributed by atoms with Gasteiger partial charge >= 0.3 is 0 Å². The van der Waals surface area contributed by atoms with Gasteiger partial charge in [0.2, 0.25) is 0 Å². The van der Waals surface area contributed by atoms with E-state index in [0.717, 1.165) is 5.56 Å². The third kappa shape index (κ3) is 3.72. The summed E-state index contributed by atoms with van der Waals surface area (Å²) in [5.74, 6) is -0.312. The van der Waals surface area contributed by atoms with Crippen molar-refractivity contribution in [3.05, 3.63) is 71.5 Å². The van der Waals surface area contributed by atoms with Crippen LogP contribution in [0.2, 0.25) is 0 Å². The van der Waals surface area contributed by atoms with Crippen molar-refractivity contribution in [1.82, 2.24) is 0 Å². The lowest BCUT2D eigenvalue weighted by Gasteiger charge is -1.98. The molecule has 0 spiro atoms. The van der Waals surface area contributed by atoms with Gasteiger partial charge < -0.3 is 4.84 Å². The van der Waals surface area contributed by atoms with E-state index < -0.39 is 0 Å². The molecule has 1 radical (unpaired) electrons. The Morgan fingerprint density at radius 3 is 2.65 bits per heavy atom. The highest BCUT2D eigenvalue weighted by Gasteiger charge is 1.93. The van der Waals surface area contributed by atoms with Gasteiger partial charge in [0.25, 0.3) is 0 Å². The molecule has 0 heterocycles. The highest BCUT2D eigenvalue weighted by atomic mass is 19.1. The standard InChI is InChI=1S/C14H11FNO/c15-14-8-4-7-13(9-14)10-16-17-11-12-5-2-1-3-6-12/h1-9H,11H2. The van der Waals surface area contributed by atoms with Crippen LogP contribution < -0.4 is 0 Å². The lowest BCUT2D eigenvalue weighted by Crippen LogP contribution is -1.88. The first-order chi connectivity index (χ1) is 8.34. The second-order valence-corrected chi connectivity index (χ2v) is 3.47. The van der Waals surface area contributed by atoms with E-state index in [1.165, 1.54) is 12.1 Å². The van der Waals surface area contributed by atoms with Crippen LogP contribution in [0.3, 0.4) is 0 Å². The van der Waals surface area contributed by atoms with E-state index in [4.69, 9.17) is 4.84 Å². The number of benzene rings is 2. The maximum atomic E-state index is 12.8. The normalized spacial score (nSPS) is 10.6. The van der Waals surface area contributed by atoms with Crippen LogP contribution in [0, 0.1) is 5.82 Å². The van der Waals surface area contributed by atoms with E-state index in [1.807, 2.05) is 30.3 Å². The van der Waals surface area contributed by atoms with Gasteiger partial charge in [-0.1, -0.05) is 47.6 Å². The summed E-state index contributed by atoms with van der Waals surface area (Å²) < 4.78 is 12.8. The Hall–Kier alpha value is -2.16. The van der Waals surface area contributed by atoms with E-state index in [-0.39, 0.29) is 5.82 Å². The average molecular weight is 228 g/mol. The summed E-state index contributed by atoms with van der Waals surface area (Å²) >= 11 is 0. The first-order valence-corrected chi connectivity index (χ1v) is 5.22. The molecule has 0 amide bonds. The molecule has 0 unspecified atom stereocenters. The molecule has 0 fully saturated rings. The van der Waals surface area contributed by atoms with Gasteiger partial charge in [-0.2, -0.15) is 0 Å². The van der Waals surface area contributed by atoms with Gasteiger partial charge in [0.15, 0.2) is 0 Å². The summed E-state index contributed by atoms with van der Waals surface area (Å²) in [6.45, 7) is 0.378. The minimum atomic E-state index is -0.312. The third-order valence-corrected chi connectivity index (χ3v) is 2.14. The molecule has 2 nitrogen and oxygen atoms in total. The van der Waals surface area contributed by atoms with Crippen LogP contribution in [0.25, 0.3) is 0 Å². The molecule has 0 aliphatic carbocycles. The largest absolute Gasteiger partial charge is 0.390 e. The summed E-state index contributed by atoms with van der Waals surface area (Å²) in [5.41, 5.74) is 1.58. The highest BCUT2D eigenvalue weighted by Crippen LogP contribution is 2.02. The van der Waals surface area contributed by atoms with E-state index in [9.17, 15) is 4.39 Å². The molecule has 0 atom stereocenters. The minimum absolute atomic E-state index is 0.312. The Morgan fingerprint density at radius 1 is 1.06 bits per heavy atom. The van der Waals surface area contributed by atoms with Crippen molar-refractivity contribution in [2.45, 2.75) is 6.61 Å². The van der Waals surface area contributed by atoms with Crippen LogP contribution in [0.5, 0.6) is 0 Å². The van der Waals surface area contributed by atoms with Crippen molar-refractivity contribution in [2.24, 2.45) is 5.16 Å². The SMILES string of the molecule is Fc1cccc(/[C]=N\OCc2ccccc2)c1. The van der Waals surface area contributed by atoms with Gasteiger partial charge in [0, 0.05) is 5.56 Å². The van der Waals surface area contributed by atoms with Crippen molar-refractivity contribution >= 4 is 6.21 Å². The molecule has 2 rings (SSSR count). The van der Waals surface area contributed by atoms with Crippen molar-refractivity contribution in [1.29, 1.82) is 0 Å². The Bertz CT molecular complexity index is 497. The summed E-state index contributed by atoms with van der Waals surface area (Å²) in [7, 11) is 0. The lowest BCUT2D eigenvalue weighted by atomic mass is 10.2. The smallest absolute Gasteiger partial charge is 0.142 e. The zero-order valence-corrected chi connectivity index (χ0v) is 9.14. The molecule has 2 aromatic rings. The maximum absolute atomic E-state index is 12.8. The predicted octanol–water partition coefficient (Wildman–Crippen LogP) is 3.25. The number of hydrogen-bond donors (Lipinski definition) is 0. The zero-order valence-electron chi connectivity index (χ0n) is 9.14. The Kier molecular flexibility index (Phi) is 3.86. The highest BCUT2D eigenvalue weighted by molar-refractivity contribution is 5.78. The van der Waals surface area contributed by atoms with Crippen LogP contribution in [-0.2, 0) is 11.4 Å². The van der Waals surface area contributed by atoms with Gasteiger partial charge in [-0.25, -0.2) is 4.39 Å². The fraction of sp³-hybridized carbons (Fsp3) is 0.0714. The van der Waals surface area contributed by atoms with Crippen LogP contribution in [-0.4, -0.2) is 6.21 Å². The van der Waals surface area contributed by atoms with Crippen molar-refractivity contribution in [2.75, 3.05) is 0 Å². The number of halogens is 1. The number of rotatable bonds is 4. The molecular formula is C14H11FNO. The van der Waals surface area contributed by atoms with Gasteiger partial charge in [0.05, 0.1) is 0 Å². The maximum Gasteiger partial charge on any atom is 0.142 e. The summed E-state index contributed by atoms with van der Waals surface area (Å²) in [6, 6.07) is 15.7. The molecule has 2 aromatic carbocycles. The fourth-order valence-corrected chi connectivity index (χ4v) is 1.32. The quantitative estimate of drug-likeness (QED) is 0.581. The molecule has 0 aliphatic heterocycles. The van der Waals surface area contributed by atoms with Gasteiger partial charge in [-0.3, -0.25) is 0 Å². The molecule has 0 saturated heterocycles. The Balaban J connectivity index is 1.86. The predicted molar refractivity (Wildman–Crippen MR) is 64.2 cm³/mol. The van der Waals surface area contributed by atoms with Crippen molar-refractivity contribution < 1.29 is 9.23 Å². The second-order valence-electron chi connectivity index (χ2n) is 3.47. The molecule has 0 N–H and O–H groups in total. The van der Waals surface area contributed by atoms with Gasteiger partial charge in [0.1, 0.15) is 18.6 Å². The molecule has 0 aromatic heterocycles. The van der Waals surface area contributed by atoms with Crippen molar-refractivity contribution in [3.8, 4) is 0 Å². The molecule has 0 aliphatic rings. The van der Waals surface area contributed by atoms with E-state index in [2.05, 4.69) is 11.4 Å². The second kappa shape index (κ2) is 5.80. The monoisotopic (exact) mass is 228 g/mol. The van der Waals surface area contributed by atoms with E-state index in [0.29, 0.717) is 12.2 Å². The molecule has 0 bridgehead atoms. The molecular weight excluding hydrogens is 217 g/mol. The zero-order chi connectivity index (χ0) is 11.9. The fourth-order valence-electron chi connectivity index (χ4n) is 1.32. The van der Waals surface area contributed by atoms with Crippen molar-refractivity contribution in [3.63, 3.8) is 0 Å². The van der Waals surface area contributed by atoms with Crippen LogP contribution in [0.1, 0.15) is 11.1 Å². The molecule has 85 valence electrons. The molecule has 3 heteroatoms. The number of hydrogen-bond acceptors (Lipinski definition) is 2. The first kappa shape index (κ1) is 11.3. The number of nitrogens with zero attached hydrogens (tertiary/aromatic N) is 1. The Labute approximate surface area is 99.3 Å². The van der Waals surface area contributed by atoms with Crippen LogP contribution in [0.15, 0.2) is 59.8 Å². The van der Waals surface area contributed by atoms with Crippen LogP contribution in [0.4, 0.5) is 4.39 Å². The lowest BCUT2D eigenvalue weighted by molar-refractivity contribution is 0.132. The van der Waals surface area contributed by atoms with E-state index in [1.54, 1.807) is 12.1 Å². The Morgan fingerprint density at radius 2 is 1.88 bits per heavy atom. The van der Waals surface area contributed by atoms with Gasteiger partial charge in [-0.05, 0) is 17.7 Å². The third-order valence-electron chi connectivity index (χ3n) is 2.14. The minimum Gasteiger partial charge on any atom is -0.390 e. The van der Waals surface area contributed by atoms with Crippen LogP contribution >= 0.6 is 0 Å². The topological polar surface area (TPSA) is 21.6 Å². The summed E-state index contributed by atoms with van der Waals surface area (Å²) in [5, 5.41) is 3.66. The van der Waals surface area contributed by atoms with E-state index >= 15 is 0 Å². The first-order valence-electron chi connectivity index (χ1n) is 5.22. The summed E-state index contributed by atoms with van der Waals surface area (Å²) in [4.78, 5) is 5.05. The molecule has 17 heavy (non-hydrogen) atoms. The molecule has 0 saturated carbocycles. The van der Waals surface area contributed by atoms with Gasteiger partial charge in [-0.15, -0.1) is 0 Å².